The lowest BCUT2D eigenvalue weighted by Crippen LogP contribution is -2.18. The summed E-state index contributed by atoms with van der Waals surface area (Å²) in [5.74, 6) is 0.636. The molecule has 0 saturated carbocycles. The molecule has 0 atom stereocenters. The molecule has 146 valence electrons. The Kier molecular flexibility index (Phi) is 7.16. The van der Waals surface area contributed by atoms with Crippen LogP contribution >= 0.6 is 19.2 Å². The van der Waals surface area contributed by atoms with Crippen LogP contribution in [-0.4, -0.2) is 39.1 Å². The molecule has 2 rings (SSSR count). The second-order valence-corrected chi connectivity index (χ2v) is 9.29. The molecule has 0 spiro atoms. The number of hydrogen-bond donors (Lipinski definition) is 0. The van der Waals surface area contributed by atoms with E-state index in [9.17, 15) is 4.57 Å². The predicted octanol–water partition coefficient (Wildman–Crippen LogP) is 4.27. The van der Waals surface area contributed by atoms with Gasteiger partial charge in [-0.1, -0.05) is 32.4 Å². The van der Waals surface area contributed by atoms with Gasteiger partial charge in [-0.25, -0.2) is 15.0 Å². The normalized spacial score (nSPS) is 12.8. The molecule has 0 fully saturated rings. The summed E-state index contributed by atoms with van der Waals surface area (Å²) < 4.78 is 30.6. The smallest absolute Gasteiger partial charge is 0.356 e. The van der Waals surface area contributed by atoms with Gasteiger partial charge >= 0.3 is 7.60 Å². The molecule has 2 aromatic heterocycles. The van der Waals surface area contributed by atoms with Gasteiger partial charge in [0.2, 0.25) is 0 Å². The Morgan fingerprint density at radius 2 is 1.85 bits per heavy atom. The van der Waals surface area contributed by atoms with Gasteiger partial charge < -0.3 is 18.4 Å². The molecule has 0 aliphatic rings. The van der Waals surface area contributed by atoms with E-state index in [2.05, 4.69) is 35.7 Å². The molecule has 2 aromatic rings. The van der Waals surface area contributed by atoms with E-state index >= 15 is 0 Å². The fraction of sp³-hybridized carbons (Fsp3) is 0.688. The van der Waals surface area contributed by atoms with Gasteiger partial charge in [0.1, 0.15) is 30.6 Å². The van der Waals surface area contributed by atoms with Gasteiger partial charge in [0, 0.05) is 6.54 Å². The highest BCUT2D eigenvalue weighted by Crippen LogP contribution is 2.48. The van der Waals surface area contributed by atoms with Crippen LogP contribution in [0.3, 0.4) is 0 Å². The molecule has 0 unspecified atom stereocenters. The van der Waals surface area contributed by atoms with Crippen LogP contribution in [0.5, 0.6) is 0 Å². The van der Waals surface area contributed by atoms with Crippen LogP contribution < -0.4 is 0 Å². The van der Waals surface area contributed by atoms with Crippen molar-refractivity contribution in [2.24, 2.45) is 5.41 Å². The number of hydrogen-bond acceptors (Lipinski definition) is 7. The Balaban J connectivity index is 2.24. The molecule has 0 radical (unpaired) electrons. The molecule has 2 heterocycles. The molecular weight excluding hydrogens is 379 g/mol. The number of imidazole rings is 1. The van der Waals surface area contributed by atoms with E-state index in [-0.39, 0.29) is 31.6 Å². The van der Waals surface area contributed by atoms with Crippen molar-refractivity contribution in [1.82, 2.24) is 19.5 Å². The molecule has 0 aromatic carbocycles. The van der Waals surface area contributed by atoms with Crippen molar-refractivity contribution < 1.29 is 18.3 Å². The number of fused-ring (bicyclic) bond motifs is 1. The van der Waals surface area contributed by atoms with Gasteiger partial charge in [0.15, 0.2) is 10.8 Å². The van der Waals surface area contributed by atoms with Crippen molar-refractivity contribution in [3.8, 4) is 0 Å². The van der Waals surface area contributed by atoms with E-state index in [1.807, 2.05) is 4.57 Å². The molecule has 0 bridgehead atoms. The maximum atomic E-state index is 12.5. The molecule has 26 heavy (non-hydrogen) atoms. The third-order valence-corrected chi connectivity index (χ3v) is 5.41. The van der Waals surface area contributed by atoms with Gasteiger partial charge in [-0.15, -0.1) is 0 Å². The SMILES string of the molecule is CCOP(=O)(COCc1nc2c(Cl)ncnc2n1CC(C)(C)C)OCC. The Labute approximate surface area is 158 Å². The first-order valence-corrected chi connectivity index (χ1v) is 10.6. The minimum atomic E-state index is -3.27. The van der Waals surface area contributed by atoms with E-state index in [1.54, 1.807) is 13.8 Å². The zero-order valence-electron chi connectivity index (χ0n) is 15.9. The van der Waals surface area contributed by atoms with Crippen LogP contribution in [-0.2, 0) is 31.5 Å². The first-order chi connectivity index (χ1) is 12.2. The topological polar surface area (TPSA) is 88.4 Å². The molecule has 8 nitrogen and oxygen atoms in total. The number of ether oxygens (including phenoxy) is 1. The van der Waals surface area contributed by atoms with Crippen molar-refractivity contribution in [2.75, 3.05) is 19.6 Å². The zero-order chi connectivity index (χ0) is 19.4. The summed E-state index contributed by atoms with van der Waals surface area (Å²) in [7, 11) is -3.27. The quantitative estimate of drug-likeness (QED) is 0.455. The van der Waals surface area contributed by atoms with E-state index in [0.29, 0.717) is 28.7 Å². The summed E-state index contributed by atoms with van der Waals surface area (Å²) in [4.78, 5) is 12.8. The van der Waals surface area contributed by atoms with Crippen LogP contribution in [0.1, 0.15) is 40.4 Å². The maximum Gasteiger partial charge on any atom is 0.356 e. The third-order valence-electron chi connectivity index (χ3n) is 3.33. The summed E-state index contributed by atoms with van der Waals surface area (Å²) in [6.45, 7) is 11.2. The van der Waals surface area contributed by atoms with Crippen LogP contribution in [0.15, 0.2) is 6.33 Å². The summed E-state index contributed by atoms with van der Waals surface area (Å²) in [5, 5.41) is 0.290. The lowest BCUT2D eigenvalue weighted by atomic mass is 9.97. The molecular formula is C16H26ClN4O4P. The van der Waals surface area contributed by atoms with E-state index in [0.717, 1.165) is 0 Å². The van der Waals surface area contributed by atoms with Crippen molar-refractivity contribution in [3.63, 3.8) is 0 Å². The second kappa shape index (κ2) is 8.76. The standard InChI is InChI=1S/C16H26ClN4O4P/c1-6-24-26(22,25-7-2)11-23-8-12-20-13-14(17)18-10-19-15(13)21(12)9-16(3,4)5/h10H,6-9,11H2,1-5H3. The van der Waals surface area contributed by atoms with Crippen LogP contribution in [0.4, 0.5) is 0 Å². The van der Waals surface area contributed by atoms with E-state index in [1.165, 1.54) is 6.33 Å². The molecule has 0 saturated heterocycles. The molecule has 0 aliphatic heterocycles. The lowest BCUT2D eigenvalue weighted by Gasteiger charge is -2.21. The Morgan fingerprint density at radius 3 is 2.42 bits per heavy atom. The fourth-order valence-electron chi connectivity index (χ4n) is 2.46. The van der Waals surface area contributed by atoms with Crippen LogP contribution in [0.25, 0.3) is 11.2 Å². The van der Waals surface area contributed by atoms with Crippen molar-refractivity contribution in [3.05, 3.63) is 17.3 Å². The molecule has 10 heteroatoms. The van der Waals surface area contributed by atoms with E-state index < -0.39 is 7.60 Å². The highest BCUT2D eigenvalue weighted by atomic mass is 35.5. The second-order valence-electron chi connectivity index (χ2n) is 6.94. The summed E-state index contributed by atoms with van der Waals surface area (Å²) in [5.41, 5.74) is 1.16. The molecule has 0 aliphatic carbocycles. The van der Waals surface area contributed by atoms with Crippen molar-refractivity contribution in [2.45, 2.75) is 47.8 Å². The first kappa shape index (κ1) is 21.3. The van der Waals surface area contributed by atoms with Gasteiger partial charge in [-0.05, 0) is 19.3 Å². The van der Waals surface area contributed by atoms with Crippen LogP contribution in [0.2, 0.25) is 5.15 Å². The van der Waals surface area contributed by atoms with Crippen molar-refractivity contribution >= 4 is 30.4 Å². The van der Waals surface area contributed by atoms with Gasteiger partial charge in [-0.2, -0.15) is 0 Å². The van der Waals surface area contributed by atoms with Gasteiger partial charge in [0.05, 0.1) is 13.2 Å². The largest absolute Gasteiger partial charge is 0.361 e. The summed E-state index contributed by atoms with van der Waals surface area (Å²) in [6.07, 6.45) is 1.27. The monoisotopic (exact) mass is 404 g/mol. The van der Waals surface area contributed by atoms with Crippen molar-refractivity contribution in [1.29, 1.82) is 0 Å². The average Bonchev–Trinajstić information content (AvgIpc) is 2.86. The predicted molar refractivity (Wildman–Crippen MR) is 100 cm³/mol. The highest BCUT2D eigenvalue weighted by molar-refractivity contribution is 7.53. The first-order valence-electron chi connectivity index (χ1n) is 8.50. The lowest BCUT2D eigenvalue weighted by molar-refractivity contribution is 0.116. The minimum absolute atomic E-state index is 0.00819. The maximum absolute atomic E-state index is 12.5. The number of halogens is 1. The third kappa shape index (κ3) is 5.47. The van der Waals surface area contributed by atoms with Gasteiger partial charge in [0.25, 0.3) is 0 Å². The minimum Gasteiger partial charge on any atom is -0.361 e. The average molecular weight is 405 g/mol. The highest BCUT2D eigenvalue weighted by Gasteiger charge is 2.25. The zero-order valence-corrected chi connectivity index (χ0v) is 17.5. The van der Waals surface area contributed by atoms with Crippen LogP contribution in [0, 0.1) is 5.41 Å². The number of rotatable bonds is 9. The number of nitrogens with zero attached hydrogens (tertiary/aromatic N) is 4. The summed E-state index contributed by atoms with van der Waals surface area (Å²) in [6, 6.07) is 0. The van der Waals surface area contributed by atoms with Gasteiger partial charge in [-0.3, -0.25) is 4.57 Å². The Bertz CT molecular complexity index is 780. The molecule has 0 N–H and O–H groups in total. The number of aromatic nitrogens is 4. The Hall–Kier alpha value is -1.05. The Morgan fingerprint density at radius 1 is 1.19 bits per heavy atom. The fourth-order valence-corrected chi connectivity index (χ4v) is 3.95. The molecule has 0 amide bonds. The van der Waals surface area contributed by atoms with E-state index in [4.69, 9.17) is 25.4 Å². The summed E-state index contributed by atoms with van der Waals surface area (Å²) >= 11 is 6.15.